The van der Waals surface area contributed by atoms with Gasteiger partial charge < -0.3 is 15.0 Å². The SMILES string of the molecule is CCCNC(=O)CN(C)C(=O)COc1c(Br)cc(Br)c2cccnc12. The molecule has 0 unspecified atom stereocenters. The third-order valence-corrected chi connectivity index (χ3v) is 4.71. The van der Waals surface area contributed by atoms with E-state index in [4.69, 9.17) is 4.74 Å². The number of rotatable bonds is 7. The predicted molar refractivity (Wildman–Crippen MR) is 104 cm³/mol. The van der Waals surface area contributed by atoms with E-state index in [0.717, 1.165) is 16.3 Å². The van der Waals surface area contributed by atoms with E-state index in [-0.39, 0.29) is 25.0 Å². The molecule has 1 aromatic carbocycles. The summed E-state index contributed by atoms with van der Waals surface area (Å²) >= 11 is 6.93. The van der Waals surface area contributed by atoms with Gasteiger partial charge in [0.15, 0.2) is 12.4 Å². The fourth-order valence-electron chi connectivity index (χ4n) is 2.15. The second-order valence-corrected chi connectivity index (χ2v) is 7.17. The first kappa shape index (κ1) is 19.7. The molecule has 1 heterocycles. The van der Waals surface area contributed by atoms with E-state index in [1.54, 1.807) is 13.2 Å². The van der Waals surface area contributed by atoms with Gasteiger partial charge in [0.2, 0.25) is 5.91 Å². The number of hydrogen-bond acceptors (Lipinski definition) is 4. The van der Waals surface area contributed by atoms with Gasteiger partial charge >= 0.3 is 0 Å². The van der Waals surface area contributed by atoms with Crippen molar-refractivity contribution in [1.82, 2.24) is 15.2 Å². The van der Waals surface area contributed by atoms with Crippen LogP contribution in [0.5, 0.6) is 5.75 Å². The second-order valence-electron chi connectivity index (χ2n) is 5.46. The third kappa shape index (κ3) is 5.15. The molecule has 0 saturated heterocycles. The Balaban J connectivity index is 2.05. The van der Waals surface area contributed by atoms with Crippen LogP contribution in [0.25, 0.3) is 10.9 Å². The van der Waals surface area contributed by atoms with E-state index in [0.29, 0.717) is 22.3 Å². The van der Waals surface area contributed by atoms with Crippen LogP contribution in [0, 0.1) is 0 Å². The summed E-state index contributed by atoms with van der Waals surface area (Å²) in [6.45, 7) is 2.39. The molecule has 25 heavy (non-hydrogen) atoms. The van der Waals surface area contributed by atoms with E-state index in [9.17, 15) is 9.59 Å². The maximum Gasteiger partial charge on any atom is 0.260 e. The molecule has 2 amide bonds. The molecule has 1 N–H and O–H groups in total. The summed E-state index contributed by atoms with van der Waals surface area (Å²) in [5.74, 6) is 0.0242. The van der Waals surface area contributed by atoms with Gasteiger partial charge in [0.25, 0.3) is 5.91 Å². The molecule has 2 rings (SSSR count). The molecule has 134 valence electrons. The Morgan fingerprint density at radius 3 is 2.80 bits per heavy atom. The highest BCUT2D eigenvalue weighted by Crippen LogP contribution is 2.37. The summed E-state index contributed by atoms with van der Waals surface area (Å²) in [6.07, 6.45) is 2.52. The highest BCUT2D eigenvalue weighted by molar-refractivity contribution is 9.11. The minimum atomic E-state index is -0.287. The predicted octanol–water partition coefficient (Wildman–Crippen LogP) is 3.12. The van der Waals surface area contributed by atoms with Crippen molar-refractivity contribution in [2.45, 2.75) is 13.3 Å². The number of pyridine rings is 1. The monoisotopic (exact) mass is 471 g/mol. The molecule has 6 nitrogen and oxygen atoms in total. The second kappa shape index (κ2) is 9.15. The number of nitrogens with zero attached hydrogens (tertiary/aromatic N) is 2. The lowest BCUT2D eigenvalue weighted by Gasteiger charge is -2.18. The van der Waals surface area contributed by atoms with Gasteiger partial charge in [0.1, 0.15) is 5.52 Å². The van der Waals surface area contributed by atoms with Crippen molar-refractivity contribution < 1.29 is 14.3 Å². The van der Waals surface area contributed by atoms with Crippen LogP contribution in [0.2, 0.25) is 0 Å². The van der Waals surface area contributed by atoms with Crippen molar-refractivity contribution >= 4 is 54.6 Å². The number of hydrogen-bond donors (Lipinski definition) is 1. The Morgan fingerprint density at radius 1 is 1.32 bits per heavy atom. The standard InChI is InChI=1S/C17H19Br2N3O3/c1-3-6-20-14(23)9-22(2)15(24)10-25-17-13(19)8-12(18)11-5-4-7-21-16(11)17/h4-5,7-8H,3,6,9-10H2,1-2H3,(H,20,23). The van der Waals surface area contributed by atoms with Crippen LogP contribution in [0.1, 0.15) is 13.3 Å². The number of carbonyl (C=O) groups is 2. The zero-order valence-electron chi connectivity index (χ0n) is 14.0. The largest absolute Gasteiger partial charge is 0.480 e. The van der Waals surface area contributed by atoms with Crippen LogP contribution in [0.4, 0.5) is 0 Å². The maximum atomic E-state index is 12.2. The maximum absolute atomic E-state index is 12.2. The fourth-order valence-corrected chi connectivity index (χ4v) is 3.54. The topological polar surface area (TPSA) is 71.5 Å². The lowest BCUT2D eigenvalue weighted by atomic mass is 10.2. The van der Waals surface area contributed by atoms with Crippen LogP contribution in [0.15, 0.2) is 33.3 Å². The number of fused-ring (bicyclic) bond motifs is 1. The first-order chi connectivity index (χ1) is 11.9. The molecule has 0 radical (unpaired) electrons. The molecule has 0 aliphatic heterocycles. The van der Waals surface area contributed by atoms with Gasteiger partial charge in [0.05, 0.1) is 11.0 Å². The molecule has 8 heteroatoms. The van der Waals surface area contributed by atoms with Crippen molar-refractivity contribution in [1.29, 1.82) is 0 Å². The summed E-state index contributed by atoms with van der Waals surface area (Å²) in [6, 6.07) is 5.60. The molecule has 1 aromatic heterocycles. The van der Waals surface area contributed by atoms with Crippen molar-refractivity contribution in [3.05, 3.63) is 33.3 Å². The molecular formula is C17H19Br2N3O3. The van der Waals surface area contributed by atoms with Crippen LogP contribution in [-0.4, -0.2) is 48.4 Å². The molecular weight excluding hydrogens is 454 g/mol. The van der Waals surface area contributed by atoms with Crippen molar-refractivity contribution in [2.24, 2.45) is 0 Å². The smallest absolute Gasteiger partial charge is 0.260 e. The third-order valence-electron chi connectivity index (χ3n) is 3.47. The number of aromatic nitrogens is 1. The number of nitrogens with one attached hydrogen (secondary N) is 1. The van der Waals surface area contributed by atoms with Crippen LogP contribution >= 0.6 is 31.9 Å². The normalized spacial score (nSPS) is 10.6. The summed E-state index contributed by atoms with van der Waals surface area (Å²) in [7, 11) is 1.57. The summed E-state index contributed by atoms with van der Waals surface area (Å²) in [5, 5.41) is 3.62. The molecule has 0 aliphatic carbocycles. The Kier molecular flexibility index (Phi) is 7.19. The molecule has 0 bridgehead atoms. The Labute approximate surface area is 163 Å². The van der Waals surface area contributed by atoms with Crippen molar-refractivity contribution in [3.63, 3.8) is 0 Å². The van der Waals surface area contributed by atoms with E-state index < -0.39 is 0 Å². The lowest BCUT2D eigenvalue weighted by Crippen LogP contribution is -2.40. The first-order valence-corrected chi connectivity index (χ1v) is 9.38. The lowest BCUT2D eigenvalue weighted by molar-refractivity contribution is -0.136. The van der Waals surface area contributed by atoms with E-state index in [2.05, 4.69) is 42.2 Å². The fraction of sp³-hybridized carbons (Fsp3) is 0.353. The Hall–Kier alpha value is -1.67. The molecule has 2 aromatic rings. The summed E-state index contributed by atoms with van der Waals surface area (Å²) < 4.78 is 7.27. The summed E-state index contributed by atoms with van der Waals surface area (Å²) in [5.41, 5.74) is 0.653. The average molecular weight is 473 g/mol. The van der Waals surface area contributed by atoms with Crippen molar-refractivity contribution in [3.8, 4) is 5.75 Å². The van der Waals surface area contributed by atoms with Crippen molar-refractivity contribution in [2.75, 3.05) is 26.7 Å². The average Bonchev–Trinajstić information content (AvgIpc) is 2.59. The van der Waals surface area contributed by atoms with Gasteiger partial charge in [-0.15, -0.1) is 0 Å². The van der Waals surface area contributed by atoms with E-state index >= 15 is 0 Å². The zero-order chi connectivity index (χ0) is 18.4. The Morgan fingerprint density at radius 2 is 2.08 bits per heavy atom. The van der Waals surface area contributed by atoms with E-state index in [1.165, 1.54) is 4.90 Å². The van der Waals surface area contributed by atoms with Gasteiger partial charge in [-0.3, -0.25) is 14.6 Å². The molecule has 0 aliphatic rings. The van der Waals surface area contributed by atoms with Crippen LogP contribution in [-0.2, 0) is 9.59 Å². The highest BCUT2D eigenvalue weighted by Gasteiger charge is 2.16. The number of benzene rings is 1. The molecule has 0 atom stereocenters. The number of halogens is 2. The number of amides is 2. The van der Waals surface area contributed by atoms with Gasteiger partial charge in [-0.1, -0.05) is 28.9 Å². The molecule has 0 fully saturated rings. The van der Waals surface area contributed by atoms with Gasteiger partial charge in [-0.05, 0) is 34.5 Å². The van der Waals surface area contributed by atoms with E-state index in [1.807, 2.05) is 25.1 Å². The minimum Gasteiger partial charge on any atom is -0.480 e. The van der Waals surface area contributed by atoms with Crippen LogP contribution in [0.3, 0.4) is 0 Å². The summed E-state index contributed by atoms with van der Waals surface area (Å²) in [4.78, 5) is 29.6. The van der Waals surface area contributed by atoms with Crippen LogP contribution < -0.4 is 10.1 Å². The van der Waals surface area contributed by atoms with Gasteiger partial charge in [-0.25, -0.2) is 0 Å². The number of ether oxygens (including phenoxy) is 1. The number of likely N-dealkylation sites (N-methyl/N-ethyl adjacent to an activating group) is 1. The van der Waals surface area contributed by atoms with Gasteiger partial charge in [-0.2, -0.15) is 0 Å². The Bertz CT molecular complexity index is 783. The number of carbonyl (C=O) groups excluding carboxylic acids is 2. The first-order valence-electron chi connectivity index (χ1n) is 7.80. The molecule has 0 spiro atoms. The molecule has 0 saturated carbocycles. The zero-order valence-corrected chi connectivity index (χ0v) is 17.2. The quantitative estimate of drug-likeness (QED) is 0.671. The minimum absolute atomic E-state index is 0.00268. The van der Waals surface area contributed by atoms with Gasteiger partial charge in [0, 0.05) is 29.6 Å². The highest BCUT2D eigenvalue weighted by atomic mass is 79.9.